The molecule has 2 fully saturated rings. The zero-order valence-corrected chi connectivity index (χ0v) is 14.4. The monoisotopic (exact) mass is 331 g/mol. The van der Waals surface area contributed by atoms with Crippen LogP contribution in [-0.2, 0) is 6.54 Å². The molecule has 2 saturated heterocycles. The largest absolute Gasteiger partial charge is 0.390 e. The molecule has 5 heteroatoms. The Balaban J connectivity index is 1.38. The minimum Gasteiger partial charge on any atom is -0.390 e. The number of piperidine rings is 2. The number of likely N-dealkylation sites (tertiary alicyclic amines) is 2. The third-order valence-electron chi connectivity index (χ3n) is 5.94. The van der Waals surface area contributed by atoms with Gasteiger partial charge in [-0.15, -0.1) is 0 Å². The molecule has 3 aliphatic rings. The Bertz CT molecular complexity index is 623. The SMILES string of the molecule is O=c1cccc2n1CC1CC2CN(CC(O)CN2CCCCC2)C1. The van der Waals surface area contributed by atoms with Crippen LogP contribution in [0.5, 0.6) is 0 Å². The van der Waals surface area contributed by atoms with Gasteiger partial charge in [0, 0.05) is 50.4 Å². The second-order valence-electron chi connectivity index (χ2n) is 7.93. The molecule has 0 aromatic carbocycles. The Kier molecular flexibility index (Phi) is 4.74. The zero-order chi connectivity index (χ0) is 16.5. The van der Waals surface area contributed by atoms with Crippen molar-refractivity contribution in [3.63, 3.8) is 0 Å². The van der Waals surface area contributed by atoms with Gasteiger partial charge in [-0.25, -0.2) is 0 Å². The normalized spacial score (nSPS) is 29.2. The van der Waals surface area contributed by atoms with Gasteiger partial charge in [0.1, 0.15) is 0 Å². The maximum atomic E-state index is 12.1. The summed E-state index contributed by atoms with van der Waals surface area (Å²) in [4.78, 5) is 16.9. The van der Waals surface area contributed by atoms with E-state index in [0.29, 0.717) is 11.8 Å². The quantitative estimate of drug-likeness (QED) is 0.898. The predicted octanol–water partition coefficient (Wildman–Crippen LogP) is 1.11. The first kappa shape index (κ1) is 16.3. The molecule has 0 saturated carbocycles. The highest BCUT2D eigenvalue weighted by atomic mass is 16.3. The summed E-state index contributed by atoms with van der Waals surface area (Å²) in [5, 5.41) is 10.5. The van der Waals surface area contributed by atoms with E-state index >= 15 is 0 Å². The molecule has 132 valence electrons. The van der Waals surface area contributed by atoms with Crippen LogP contribution in [0.3, 0.4) is 0 Å². The van der Waals surface area contributed by atoms with Crippen molar-refractivity contribution in [2.75, 3.05) is 39.3 Å². The number of aliphatic hydroxyl groups excluding tert-OH is 1. The van der Waals surface area contributed by atoms with Gasteiger partial charge in [0.2, 0.25) is 0 Å². The van der Waals surface area contributed by atoms with Crippen LogP contribution in [0.4, 0.5) is 0 Å². The second kappa shape index (κ2) is 6.98. The van der Waals surface area contributed by atoms with E-state index in [1.165, 1.54) is 31.4 Å². The number of β-amino-alcohol motifs (C(OH)–C–C–N with tert-alkyl or cyclic N) is 1. The Hall–Kier alpha value is -1.17. The summed E-state index contributed by atoms with van der Waals surface area (Å²) < 4.78 is 1.97. The molecule has 24 heavy (non-hydrogen) atoms. The van der Waals surface area contributed by atoms with Crippen molar-refractivity contribution in [2.24, 2.45) is 5.92 Å². The minimum absolute atomic E-state index is 0.140. The lowest BCUT2D eigenvalue weighted by molar-refractivity contribution is 0.0389. The standard InChI is InChI=1S/C19H29N3O2/c23-17(13-20-7-2-1-3-8-20)14-21-10-15-9-16(12-21)18-5-4-6-19(24)22(18)11-15/h4-6,15-17,23H,1-3,7-14H2. The molecule has 0 amide bonds. The molecule has 3 atom stereocenters. The van der Waals surface area contributed by atoms with Gasteiger partial charge in [-0.05, 0) is 44.3 Å². The number of rotatable bonds is 4. The van der Waals surface area contributed by atoms with E-state index in [4.69, 9.17) is 0 Å². The molecule has 1 N–H and O–H groups in total. The summed E-state index contributed by atoms with van der Waals surface area (Å²) in [6.07, 6.45) is 4.79. The fourth-order valence-corrected chi connectivity index (χ4v) is 4.94. The van der Waals surface area contributed by atoms with Crippen LogP contribution >= 0.6 is 0 Å². The maximum Gasteiger partial charge on any atom is 0.250 e. The predicted molar refractivity (Wildman–Crippen MR) is 94.3 cm³/mol. The van der Waals surface area contributed by atoms with E-state index < -0.39 is 0 Å². The van der Waals surface area contributed by atoms with Crippen LogP contribution in [-0.4, -0.2) is 64.8 Å². The van der Waals surface area contributed by atoms with Gasteiger partial charge < -0.3 is 14.6 Å². The van der Waals surface area contributed by atoms with Crippen molar-refractivity contribution >= 4 is 0 Å². The smallest absolute Gasteiger partial charge is 0.250 e. The fraction of sp³-hybridized carbons (Fsp3) is 0.737. The maximum absolute atomic E-state index is 12.1. The Morgan fingerprint density at radius 3 is 2.67 bits per heavy atom. The molecule has 0 radical (unpaired) electrons. The second-order valence-corrected chi connectivity index (χ2v) is 7.93. The first-order valence-electron chi connectivity index (χ1n) is 9.51. The molecule has 3 unspecified atom stereocenters. The zero-order valence-electron chi connectivity index (χ0n) is 14.4. The number of nitrogens with zero attached hydrogens (tertiary/aromatic N) is 3. The highest BCUT2D eigenvalue weighted by Gasteiger charge is 2.35. The molecule has 4 heterocycles. The molecule has 2 bridgehead atoms. The van der Waals surface area contributed by atoms with Crippen LogP contribution in [0.2, 0.25) is 0 Å². The van der Waals surface area contributed by atoms with Crippen molar-refractivity contribution < 1.29 is 5.11 Å². The van der Waals surface area contributed by atoms with Gasteiger partial charge in [-0.1, -0.05) is 12.5 Å². The molecule has 3 aliphatic heterocycles. The topological polar surface area (TPSA) is 48.7 Å². The van der Waals surface area contributed by atoms with Crippen molar-refractivity contribution in [3.8, 4) is 0 Å². The number of fused-ring (bicyclic) bond motifs is 4. The lowest BCUT2D eigenvalue weighted by Gasteiger charge is -2.43. The molecule has 1 aromatic heterocycles. The van der Waals surface area contributed by atoms with E-state index in [0.717, 1.165) is 45.8 Å². The van der Waals surface area contributed by atoms with E-state index in [9.17, 15) is 9.90 Å². The average Bonchev–Trinajstić information content (AvgIpc) is 2.56. The van der Waals surface area contributed by atoms with Crippen LogP contribution in [0.1, 0.15) is 37.3 Å². The number of aromatic nitrogens is 1. The van der Waals surface area contributed by atoms with Crippen LogP contribution < -0.4 is 5.56 Å². The Labute approximate surface area is 143 Å². The third-order valence-corrected chi connectivity index (χ3v) is 5.94. The minimum atomic E-state index is -0.264. The van der Waals surface area contributed by atoms with E-state index in [2.05, 4.69) is 15.9 Å². The summed E-state index contributed by atoms with van der Waals surface area (Å²) in [6, 6.07) is 5.67. The summed E-state index contributed by atoms with van der Waals surface area (Å²) in [6.45, 7) is 6.66. The number of aliphatic hydroxyl groups is 1. The third kappa shape index (κ3) is 3.44. The Morgan fingerprint density at radius 2 is 1.83 bits per heavy atom. The van der Waals surface area contributed by atoms with Crippen molar-refractivity contribution in [1.29, 1.82) is 0 Å². The fourth-order valence-electron chi connectivity index (χ4n) is 4.94. The molecule has 0 aliphatic carbocycles. The van der Waals surface area contributed by atoms with Gasteiger partial charge in [-0.2, -0.15) is 0 Å². The lowest BCUT2D eigenvalue weighted by atomic mass is 9.83. The molecule has 0 spiro atoms. The van der Waals surface area contributed by atoms with Crippen molar-refractivity contribution in [3.05, 3.63) is 34.2 Å². The van der Waals surface area contributed by atoms with Gasteiger partial charge in [-0.3, -0.25) is 9.69 Å². The molecule has 5 nitrogen and oxygen atoms in total. The van der Waals surface area contributed by atoms with Gasteiger partial charge in [0.25, 0.3) is 5.56 Å². The van der Waals surface area contributed by atoms with Crippen LogP contribution in [0.15, 0.2) is 23.0 Å². The van der Waals surface area contributed by atoms with Crippen LogP contribution in [0.25, 0.3) is 0 Å². The molecule has 4 rings (SSSR count). The molecular weight excluding hydrogens is 302 g/mol. The molecular formula is C19H29N3O2. The average molecular weight is 331 g/mol. The number of hydrogen-bond acceptors (Lipinski definition) is 4. The summed E-state index contributed by atoms with van der Waals surface area (Å²) in [5.41, 5.74) is 1.33. The summed E-state index contributed by atoms with van der Waals surface area (Å²) in [5.74, 6) is 0.979. The summed E-state index contributed by atoms with van der Waals surface area (Å²) in [7, 11) is 0. The van der Waals surface area contributed by atoms with Crippen molar-refractivity contribution in [1.82, 2.24) is 14.4 Å². The van der Waals surface area contributed by atoms with Crippen LogP contribution in [0, 0.1) is 5.92 Å². The first-order valence-corrected chi connectivity index (χ1v) is 9.51. The van der Waals surface area contributed by atoms with E-state index in [-0.39, 0.29) is 11.7 Å². The van der Waals surface area contributed by atoms with Gasteiger partial charge in [0.15, 0.2) is 0 Å². The highest BCUT2D eigenvalue weighted by molar-refractivity contribution is 5.16. The lowest BCUT2D eigenvalue weighted by Crippen LogP contribution is -2.50. The van der Waals surface area contributed by atoms with Crippen molar-refractivity contribution in [2.45, 2.75) is 44.2 Å². The van der Waals surface area contributed by atoms with E-state index in [1.54, 1.807) is 6.07 Å². The number of pyridine rings is 1. The highest BCUT2D eigenvalue weighted by Crippen LogP contribution is 2.34. The van der Waals surface area contributed by atoms with E-state index in [1.807, 2.05) is 10.6 Å². The molecule has 1 aromatic rings. The first-order chi connectivity index (χ1) is 11.7. The van der Waals surface area contributed by atoms with Gasteiger partial charge >= 0.3 is 0 Å². The van der Waals surface area contributed by atoms with Gasteiger partial charge in [0.05, 0.1) is 6.10 Å². The summed E-state index contributed by atoms with van der Waals surface area (Å²) >= 11 is 0. The Morgan fingerprint density at radius 1 is 1.04 bits per heavy atom. The number of hydrogen-bond donors (Lipinski definition) is 1.